The van der Waals surface area contributed by atoms with Gasteiger partial charge in [0, 0.05) is 36.4 Å². The van der Waals surface area contributed by atoms with Gasteiger partial charge in [-0.3, -0.25) is 4.79 Å². The summed E-state index contributed by atoms with van der Waals surface area (Å²) in [6.07, 6.45) is 9.48. The number of aliphatic hydroxyl groups is 1. The molecule has 1 heterocycles. The lowest BCUT2D eigenvalue weighted by Gasteiger charge is -2.25. The van der Waals surface area contributed by atoms with E-state index in [0.717, 1.165) is 56.3 Å². The highest BCUT2D eigenvalue weighted by molar-refractivity contribution is 5.95. The molecule has 1 aliphatic carbocycles. The van der Waals surface area contributed by atoms with Crippen LogP contribution < -0.4 is 10.2 Å². The van der Waals surface area contributed by atoms with Gasteiger partial charge in [-0.1, -0.05) is 32.1 Å². The van der Waals surface area contributed by atoms with Crippen LogP contribution in [0.25, 0.3) is 0 Å². The van der Waals surface area contributed by atoms with E-state index in [1.165, 1.54) is 19.3 Å². The Balaban J connectivity index is 1.79. The van der Waals surface area contributed by atoms with Crippen LogP contribution in [0.1, 0.15) is 79.8 Å². The van der Waals surface area contributed by atoms with Crippen LogP contribution in [-0.2, 0) is 0 Å². The van der Waals surface area contributed by atoms with Crippen molar-refractivity contribution in [2.24, 2.45) is 0 Å². The van der Waals surface area contributed by atoms with E-state index < -0.39 is 6.10 Å². The SMILES string of the molecule is CN1CCCCCC(O)c2cc(C(=O)NC3CCCCC3)ccc21. The van der Waals surface area contributed by atoms with E-state index in [1.54, 1.807) is 0 Å². The van der Waals surface area contributed by atoms with Crippen molar-refractivity contribution in [1.29, 1.82) is 0 Å². The lowest BCUT2D eigenvalue weighted by Crippen LogP contribution is -2.36. The average Bonchev–Trinajstić information content (AvgIpc) is 2.67. The summed E-state index contributed by atoms with van der Waals surface area (Å²) in [5.74, 6) is -0.000532. The van der Waals surface area contributed by atoms with Crippen molar-refractivity contribution in [3.63, 3.8) is 0 Å². The number of fused-ring (bicyclic) bond motifs is 1. The summed E-state index contributed by atoms with van der Waals surface area (Å²) in [4.78, 5) is 14.8. The molecule has 1 aliphatic heterocycles. The Morgan fingerprint density at radius 2 is 1.79 bits per heavy atom. The van der Waals surface area contributed by atoms with Crippen LogP contribution in [0, 0.1) is 0 Å². The molecule has 0 aromatic heterocycles. The maximum Gasteiger partial charge on any atom is 0.251 e. The third kappa shape index (κ3) is 4.10. The zero-order valence-corrected chi connectivity index (χ0v) is 14.8. The van der Waals surface area contributed by atoms with E-state index in [2.05, 4.69) is 17.3 Å². The quantitative estimate of drug-likeness (QED) is 0.867. The first-order chi connectivity index (χ1) is 11.6. The molecule has 132 valence electrons. The number of nitrogens with zero attached hydrogens (tertiary/aromatic N) is 1. The van der Waals surface area contributed by atoms with E-state index in [-0.39, 0.29) is 5.91 Å². The van der Waals surface area contributed by atoms with Crippen molar-refractivity contribution < 1.29 is 9.90 Å². The molecule has 0 bridgehead atoms. The number of nitrogens with one attached hydrogen (secondary N) is 1. The molecule has 4 nitrogen and oxygen atoms in total. The van der Waals surface area contributed by atoms with Gasteiger partial charge in [-0.05, 0) is 43.9 Å². The number of carbonyl (C=O) groups excluding carboxylic acids is 1. The molecule has 1 atom stereocenters. The summed E-state index contributed by atoms with van der Waals surface area (Å²) in [7, 11) is 2.07. The number of rotatable bonds is 2. The fourth-order valence-electron chi connectivity index (χ4n) is 3.97. The normalized spacial score (nSPS) is 22.9. The molecule has 4 heteroatoms. The van der Waals surface area contributed by atoms with Gasteiger partial charge in [0.2, 0.25) is 0 Å². The Hall–Kier alpha value is -1.55. The second-order valence-electron chi connectivity index (χ2n) is 7.37. The van der Waals surface area contributed by atoms with Crippen molar-refractivity contribution in [3.05, 3.63) is 29.3 Å². The minimum atomic E-state index is -0.483. The van der Waals surface area contributed by atoms with Crippen LogP contribution in [-0.4, -0.2) is 30.6 Å². The molecule has 1 saturated carbocycles. The van der Waals surface area contributed by atoms with Gasteiger partial charge in [0.1, 0.15) is 0 Å². The average molecular weight is 330 g/mol. The van der Waals surface area contributed by atoms with Gasteiger partial charge >= 0.3 is 0 Å². The molecule has 1 unspecified atom stereocenters. The zero-order chi connectivity index (χ0) is 16.9. The van der Waals surface area contributed by atoms with E-state index in [9.17, 15) is 9.90 Å². The predicted molar refractivity (Wildman–Crippen MR) is 97.5 cm³/mol. The highest BCUT2D eigenvalue weighted by Gasteiger charge is 2.21. The second kappa shape index (κ2) is 8.02. The maximum absolute atomic E-state index is 12.6. The van der Waals surface area contributed by atoms with Crippen molar-refractivity contribution >= 4 is 11.6 Å². The number of anilines is 1. The summed E-state index contributed by atoms with van der Waals surface area (Å²) in [6.45, 7) is 0.993. The fraction of sp³-hybridized carbons (Fsp3) is 0.650. The van der Waals surface area contributed by atoms with Crippen LogP contribution >= 0.6 is 0 Å². The maximum atomic E-state index is 12.6. The zero-order valence-electron chi connectivity index (χ0n) is 14.8. The minimum Gasteiger partial charge on any atom is -0.388 e. The van der Waals surface area contributed by atoms with Gasteiger partial charge in [-0.15, -0.1) is 0 Å². The highest BCUT2D eigenvalue weighted by atomic mass is 16.3. The largest absolute Gasteiger partial charge is 0.388 e. The first kappa shape index (κ1) is 17.3. The van der Waals surface area contributed by atoms with E-state index >= 15 is 0 Å². The summed E-state index contributed by atoms with van der Waals surface area (Å²) in [6, 6.07) is 6.11. The topological polar surface area (TPSA) is 52.6 Å². The Morgan fingerprint density at radius 3 is 2.58 bits per heavy atom. The van der Waals surface area contributed by atoms with E-state index in [4.69, 9.17) is 0 Å². The lowest BCUT2D eigenvalue weighted by molar-refractivity contribution is 0.0927. The molecular formula is C20H30N2O2. The Bertz CT molecular complexity index is 567. The van der Waals surface area contributed by atoms with E-state index in [1.807, 2.05) is 18.2 Å². The summed E-state index contributed by atoms with van der Waals surface area (Å²) in [5, 5.41) is 13.8. The Labute approximate surface area is 145 Å². The van der Waals surface area contributed by atoms with Gasteiger partial charge in [0.05, 0.1) is 6.10 Å². The first-order valence-electron chi connectivity index (χ1n) is 9.49. The number of hydrogen-bond donors (Lipinski definition) is 2. The number of benzene rings is 1. The molecule has 2 aliphatic rings. The molecule has 1 fully saturated rings. The fourth-order valence-corrected chi connectivity index (χ4v) is 3.97. The van der Waals surface area contributed by atoms with Crippen molar-refractivity contribution in [3.8, 4) is 0 Å². The smallest absolute Gasteiger partial charge is 0.251 e. The van der Waals surface area contributed by atoms with Crippen LogP contribution in [0.3, 0.4) is 0 Å². The first-order valence-corrected chi connectivity index (χ1v) is 9.49. The Morgan fingerprint density at radius 1 is 1.08 bits per heavy atom. The Kier molecular flexibility index (Phi) is 5.77. The highest BCUT2D eigenvalue weighted by Crippen LogP contribution is 2.32. The van der Waals surface area contributed by atoms with Gasteiger partial charge < -0.3 is 15.3 Å². The summed E-state index contributed by atoms with van der Waals surface area (Å²) >= 11 is 0. The molecule has 0 saturated heterocycles. The van der Waals surface area contributed by atoms with Crippen molar-refractivity contribution in [1.82, 2.24) is 5.32 Å². The molecule has 0 spiro atoms. The predicted octanol–water partition coefficient (Wildman–Crippen LogP) is 3.79. The molecule has 3 rings (SSSR count). The van der Waals surface area contributed by atoms with Crippen molar-refractivity contribution in [2.75, 3.05) is 18.5 Å². The molecule has 1 amide bonds. The van der Waals surface area contributed by atoms with Gasteiger partial charge in [-0.2, -0.15) is 0 Å². The number of carbonyl (C=O) groups is 1. The van der Waals surface area contributed by atoms with Gasteiger partial charge in [0.15, 0.2) is 0 Å². The summed E-state index contributed by atoms with van der Waals surface area (Å²) in [5.41, 5.74) is 2.63. The number of hydrogen-bond acceptors (Lipinski definition) is 3. The third-order valence-corrected chi connectivity index (χ3v) is 5.47. The monoisotopic (exact) mass is 330 g/mol. The molecule has 24 heavy (non-hydrogen) atoms. The lowest BCUT2D eigenvalue weighted by atomic mass is 9.95. The number of aliphatic hydroxyl groups excluding tert-OH is 1. The molecule has 1 aromatic carbocycles. The van der Waals surface area contributed by atoms with Crippen LogP contribution in [0.4, 0.5) is 5.69 Å². The standard InChI is InChI=1S/C20H30N2O2/c1-22-13-7-3-6-10-19(23)17-14-15(11-12-18(17)22)20(24)21-16-8-4-2-5-9-16/h11-12,14,16,19,23H,2-10,13H2,1H3,(H,21,24). The van der Waals surface area contributed by atoms with Crippen LogP contribution in [0.5, 0.6) is 0 Å². The molecular weight excluding hydrogens is 300 g/mol. The van der Waals surface area contributed by atoms with Gasteiger partial charge in [0.25, 0.3) is 5.91 Å². The number of amides is 1. The second-order valence-corrected chi connectivity index (χ2v) is 7.37. The molecule has 0 radical (unpaired) electrons. The summed E-state index contributed by atoms with van der Waals surface area (Å²) < 4.78 is 0. The van der Waals surface area contributed by atoms with E-state index in [0.29, 0.717) is 11.6 Å². The van der Waals surface area contributed by atoms with Crippen LogP contribution in [0.2, 0.25) is 0 Å². The molecule has 2 N–H and O–H groups in total. The van der Waals surface area contributed by atoms with Gasteiger partial charge in [-0.25, -0.2) is 0 Å². The minimum absolute atomic E-state index is 0.000532. The third-order valence-electron chi connectivity index (χ3n) is 5.47. The van der Waals surface area contributed by atoms with Crippen LogP contribution in [0.15, 0.2) is 18.2 Å². The van der Waals surface area contributed by atoms with Crippen molar-refractivity contribution in [2.45, 2.75) is 69.9 Å². The molecule has 1 aromatic rings.